The first-order valence-corrected chi connectivity index (χ1v) is 11.5. The third-order valence-electron chi connectivity index (χ3n) is 5.00. The molecule has 1 amide bonds. The number of halogens is 6. The van der Waals surface area contributed by atoms with Gasteiger partial charge in [-0.3, -0.25) is 4.79 Å². The molecule has 1 aromatic rings. The minimum atomic E-state index is -4.33. The molecule has 1 aromatic carbocycles. The summed E-state index contributed by atoms with van der Waals surface area (Å²) in [6.45, 7) is 3.13. The van der Waals surface area contributed by atoms with Gasteiger partial charge in [-0.05, 0) is 30.9 Å². The second-order valence-electron chi connectivity index (χ2n) is 7.94. The van der Waals surface area contributed by atoms with Gasteiger partial charge in [-0.2, -0.15) is 26.3 Å². The van der Waals surface area contributed by atoms with Crippen molar-refractivity contribution < 1.29 is 45.9 Å². The molecule has 2 fully saturated rings. The molecule has 0 bridgehead atoms. The number of amides is 1. The fraction of sp³-hybridized carbons (Fsp3) is 0.577. The van der Waals surface area contributed by atoms with E-state index in [-0.39, 0.29) is 19.3 Å². The van der Waals surface area contributed by atoms with E-state index in [9.17, 15) is 31.1 Å². The van der Waals surface area contributed by atoms with E-state index in [1.807, 2.05) is 11.0 Å². The molecule has 2 aliphatic rings. The van der Waals surface area contributed by atoms with Crippen molar-refractivity contribution >= 4 is 6.41 Å². The number of ether oxygens (including phenoxy) is 2. The zero-order chi connectivity index (χ0) is 28.9. The van der Waals surface area contributed by atoms with E-state index in [2.05, 4.69) is 31.0 Å². The van der Waals surface area contributed by atoms with Crippen molar-refractivity contribution in [3.63, 3.8) is 0 Å². The smallest absolute Gasteiger partial charge is 0.422 e. The zero-order valence-electron chi connectivity index (χ0n) is 21.3. The summed E-state index contributed by atoms with van der Waals surface area (Å²) < 4.78 is 78.0. The third-order valence-corrected chi connectivity index (χ3v) is 5.00. The highest BCUT2D eigenvalue weighted by Gasteiger charge is 2.30. The number of benzene rings is 1. The summed E-state index contributed by atoms with van der Waals surface area (Å²) in [4.78, 5) is 11.9. The Kier molecular flexibility index (Phi) is 19.8. The fourth-order valence-electron chi connectivity index (χ4n) is 3.62. The molecular weight excluding hydrogens is 502 g/mol. The van der Waals surface area contributed by atoms with Gasteiger partial charge < -0.3 is 19.7 Å². The molecule has 0 radical (unpaired) electrons. The summed E-state index contributed by atoms with van der Waals surface area (Å²) in [5, 5.41) is 2.21. The van der Waals surface area contributed by atoms with E-state index in [1.54, 1.807) is 12.1 Å². The van der Waals surface area contributed by atoms with Gasteiger partial charge in [0, 0.05) is 45.0 Å². The number of piperidine rings is 1. The van der Waals surface area contributed by atoms with Gasteiger partial charge in [-0.1, -0.05) is 12.1 Å². The standard InChI is InChI=1S/C14H18F3NO2.C6H11NO.C2H3F3.2C2H2/c1-19-8-12-11(10-5-6-18-7-10)3-2-4-13(12)20-9-14(15,16)17;8-6-7-4-2-1-3-5-7;1-2(3,4)5;2*1-2/h2-4,10,18H,5-9H2,1H3;6H,1-5H2;1H3;2*1-2H/p+1/t10-;;;;/m0..../s1. The summed E-state index contributed by atoms with van der Waals surface area (Å²) in [5.41, 5.74) is 1.78. The molecule has 37 heavy (non-hydrogen) atoms. The van der Waals surface area contributed by atoms with Gasteiger partial charge in [0.05, 0.1) is 19.7 Å². The molecule has 1 atom stereocenters. The SMILES string of the molecule is C#C.C#C.CC(F)(F)F.COCc1c(OCC(F)(F)F)cccc1[C@H]1CC[NH2+]C1.O=CN1CCCCC1. The number of hydrogen-bond acceptors (Lipinski definition) is 3. The predicted molar refractivity (Wildman–Crippen MR) is 131 cm³/mol. The van der Waals surface area contributed by atoms with Crippen LogP contribution in [0.4, 0.5) is 26.3 Å². The minimum Gasteiger partial charge on any atom is -0.484 e. The lowest BCUT2D eigenvalue weighted by molar-refractivity contribution is -0.636. The number of rotatable bonds is 6. The second-order valence-corrected chi connectivity index (χ2v) is 7.94. The lowest BCUT2D eigenvalue weighted by Gasteiger charge is -2.21. The molecule has 0 saturated carbocycles. The summed E-state index contributed by atoms with van der Waals surface area (Å²) in [5.74, 6) is 0.628. The fourth-order valence-corrected chi connectivity index (χ4v) is 3.62. The predicted octanol–water partition coefficient (Wildman–Crippen LogP) is 4.52. The molecule has 3 rings (SSSR count). The number of quaternary nitrogens is 1. The quantitative estimate of drug-likeness (QED) is 0.329. The van der Waals surface area contributed by atoms with Crippen LogP contribution in [0.2, 0.25) is 0 Å². The zero-order valence-corrected chi connectivity index (χ0v) is 21.3. The Morgan fingerprint density at radius 2 is 1.62 bits per heavy atom. The van der Waals surface area contributed by atoms with Crippen molar-refractivity contribution in [3.8, 4) is 31.4 Å². The average molecular weight is 540 g/mol. The van der Waals surface area contributed by atoms with E-state index in [4.69, 9.17) is 9.47 Å². The van der Waals surface area contributed by atoms with Crippen LogP contribution in [0.3, 0.4) is 0 Å². The van der Waals surface area contributed by atoms with E-state index in [0.29, 0.717) is 5.92 Å². The van der Waals surface area contributed by atoms with E-state index in [1.165, 1.54) is 26.4 Å². The number of carbonyl (C=O) groups excluding carboxylic acids is 1. The number of terminal acetylenes is 2. The molecular formula is C26H37F6N2O3+. The topological polar surface area (TPSA) is 55.4 Å². The van der Waals surface area contributed by atoms with Crippen molar-refractivity contribution in [2.24, 2.45) is 0 Å². The Hall–Kier alpha value is -2.89. The Bertz CT molecular complexity index is 755. The van der Waals surface area contributed by atoms with Gasteiger partial charge in [0.2, 0.25) is 6.41 Å². The van der Waals surface area contributed by atoms with Crippen molar-refractivity contribution in [2.75, 3.05) is 39.9 Å². The van der Waals surface area contributed by atoms with Crippen molar-refractivity contribution in [2.45, 2.75) is 57.5 Å². The number of methoxy groups -OCH3 is 1. The number of nitrogens with two attached hydrogens (primary N) is 1. The maximum absolute atomic E-state index is 12.3. The molecule has 5 nitrogen and oxygen atoms in total. The lowest BCUT2D eigenvalue weighted by Crippen LogP contribution is -2.81. The van der Waals surface area contributed by atoms with Crippen molar-refractivity contribution in [1.82, 2.24) is 4.90 Å². The first-order chi connectivity index (χ1) is 17.4. The third kappa shape index (κ3) is 19.0. The molecule has 210 valence electrons. The molecule has 11 heteroatoms. The number of likely N-dealkylation sites (tertiary alicyclic amines) is 1. The van der Waals surface area contributed by atoms with Crippen molar-refractivity contribution in [1.29, 1.82) is 0 Å². The van der Waals surface area contributed by atoms with E-state index >= 15 is 0 Å². The van der Waals surface area contributed by atoms with Gasteiger partial charge in [-0.15, -0.1) is 25.7 Å². The Morgan fingerprint density at radius 3 is 2.03 bits per heavy atom. The normalized spacial score (nSPS) is 16.6. The van der Waals surface area contributed by atoms with E-state index in [0.717, 1.165) is 50.1 Å². The van der Waals surface area contributed by atoms with Crippen LogP contribution in [-0.4, -0.2) is 63.6 Å². The summed E-state index contributed by atoms with van der Waals surface area (Å²) >= 11 is 0. The van der Waals surface area contributed by atoms with Gasteiger partial charge in [0.25, 0.3) is 0 Å². The number of hydrogen-bond donors (Lipinski definition) is 1. The maximum Gasteiger partial charge on any atom is 0.422 e. The first kappa shape index (κ1) is 36.3. The summed E-state index contributed by atoms with van der Waals surface area (Å²) in [6.07, 6.45) is 13.3. The van der Waals surface area contributed by atoms with Crippen molar-refractivity contribution in [3.05, 3.63) is 29.3 Å². The van der Waals surface area contributed by atoms with Crippen LogP contribution in [0.15, 0.2) is 18.2 Å². The van der Waals surface area contributed by atoms with Gasteiger partial charge >= 0.3 is 12.4 Å². The van der Waals surface area contributed by atoms with Gasteiger partial charge in [-0.25, -0.2) is 0 Å². The van der Waals surface area contributed by atoms with Crippen LogP contribution in [0.1, 0.15) is 49.7 Å². The highest BCUT2D eigenvalue weighted by atomic mass is 19.4. The van der Waals surface area contributed by atoms with Crippen LogP contribution >= 0.6 is 0 Å². The molecule has 0 spiro atoms. The molecule has 0 aliphatic carbocycles. The van der Waals surface area contributed by atoms with E-state index < -0.39 is 19.0 Å². The number of carbonyl (C=O) groups is 1. The number of nitrogens with zero attached hydrogens (tertiary/aromatic N) is 1. The largest absolute Gasteiger partial charge is 0.484 e. The maximum atomic E-state index is 12.3. The highest BCUT2D eigenvalue weighted by Crippen LogP contribution is 2.31. The van der Waals surface area contributed by atoms with Crippen LogP contribution in [0, 0.1) is 25.7 Å². The second kappa shape index (κ2) is 20.2. The average Bonchev–Trinajstić information content (AvgIpc) is 3.40. The molecule has 2 saturated heterocycles. The lowest BCUT2D eigenvalue weighted by atomic mass is 9.93. The minimum absolute atomic E-state index is 0.188. The highest BCUT2D eigenvalue weighted by molar-refractivity contribution is 5.47. The molecule has 2 heterocycles. The molecule has 2 aliphatic heterocycles. The van der Waals surface area contributed by atoms with Gasteiger partial charge in [0.1, 0.15) is 5.75 Å². The monoisotopic (exact) mass is 539 g/mol. The van der Waals surface area contributed by atoms with Crippen LogP contribution in [0.5, 0.6) is 5.75 Å². The van der Waals surface area contributed by atoms with Crippen LogP contribution in [-0.2, 0) is 16.1 Å². The number of alkyl halides is 6. The Labute approximate surface area is 215 Å². The van der Waals surface area contributed by atoms with Crippen LogP contribution < -0.4 is 10.1 Å². The Morgan fingerprint density at radius 1 is 1.05 bits per heavy atom. The molecule has 0 unspecified atom stereocenters. The molecule has 2 N–H and O–H groups in total. The van der Waals surface area contributed by atoms with Gasteiger partial charge in [0.15, 0.2) is 6.61 Å². The Balaban J connectivity index is 0. The summed E-state index contributed by atoms with van der Waals surface area (Å²) in [7, 11) is 1.53. The molecule has 0 aromatic heterocycles. The first-order valence-electron chi connectivity index (χ1n) is 11.5. The van der Waals surface area contributed by atoms with Crippen LogP contribution in [0.25, 0.3) is 0 Å². The summed E-state index contributed by atoms with van der Waals surface area (Å²) in [6, 6.07) is 5.28.